The van der Waals surface area contributed by atoms with E-state index < -0.39 is 34.3 Å². The van der Waals surface area contributed by atoms with Crippen molar-refractivity contribution in [1.29, 1.82) is 0 Å². The van der Waals surface area contributed by atoms with Crippen molar-refractivity contribution < 1.29 is 27.1 Å². The van der Waals surface area contributed by atoms with Gasteiger partial charge in [-0.1, -0.05) is 49.4 Å². The summed E-state index contributed by atoms with van der Waals surface area (Å²) in [5.74, 6) is -0.826. The summed E-state index contributed by atoms with van der Waals surface area (Å²) < 4.78 is 45.3. The maximum Gasteiger partial charge on any atom is 0.244 e. The van der Waals surface area contributed by atoms with Crippen molar-refractivity contribution in [2.75, 3.05) is 30.8 Å². The minimum Gasteiger partial charge on any atom is -0.497 e. The number of hydrogen-bond donors (Lipinski definition) is 1. The molecule has 0 bridgehead atoms. The van der Waals surface area contributed by atoms with Gasteiger partial charge in [-0.3, -0.25) is 13.9 Å². The average Bonchev–Trinajstić information content (AvgIpc) is 2.93. The van der Waals surface area contributed by atoms with Crippen LogP contribution in [-0.2, 0) is 32.6 Å². The molecule has 0 heterocycles. The highest BCUT2D eigenvalue weighted by Gasteiger charge is 2.33. The van der Waals surface area contributed by atoms with Crippen molar-refractivity contribution in [1.82, 2.24) is 10.2 Å². The van der Waals surface area contributed by atoms with E-state index in [1.54, 1.807) is 24.3 Å². The molecule has 1 N–H and O–H groups in total. The number of ether oxygens (including phenoxy) is 1. The van der Waals surface area contributed by atoms with Gasteiger partial charge in [0.2, 0.25) is 21.8 Å². The van der Waals surface area contributed by atoms with E-state index in [0.717, 1.165) is 16.1 Å². The Bertz CT molecular complexity index is 1330. The number of nitrogens with zero attached hydrogens (tertiary/aromatic N) is 2. The zero-order chi connectivity index (χ0) is 28.4. The molecule has 39 heavy (non-hydrogen) atoms. The van der Waals surface area contributed by atoms with E-state index in [0.29, 0.717) is 24.3 Å². The lowest BCUT2D eigenvalue weighted by atomic mass is 10.0. The van der Waals surface area contributed by atoms with Crippen LogP contribution in [-0.4, -0.2) is 57.6 Å². The fourth-order valence-electron chi connectivity index (χ4n) is 4.07. The quantitative estimate of drug-likeness (QED) is 0.347. The second-order valence-corrected chi connectivity index (χ2v) is 11.0. The van der Waals surface area contributed by atoms with Gasteiger partial charge in [-0.15, -0.1) is 0 Å². The molecule has 0 aliphatic rings. The Morgan fingerprint density at radius 2 is 1.59 bits per heavy atom. The van der Waals surface area contributed by atoms with Crippen molar-refractivity contribution in [3.8, 4) is 5.75 Å². The first kappa shape index (κ1) is 29.6. The Morgan fingerprint density at radius 1 is 0.949 bits per heavy atom. The van der Waals surface area contributed by atoms with Gasteiger partial charge >= 0.3 is 0 Å². The first-order valence-electron chi connectivity index (χ1n) is 12.6. The minimum absolute atomic E-state index is 0.0175. The van der Waals surface area contributed by atoms with Gasteiger partial charge < -0.3 is 15.0 Å². The molecule has 10 heteroatoms. The summed E-state index contributed by atoms with van der Waals surface area (Å²) >= 11 is 0. The van der Waals surface area contributed by atoms with Crippen LogP contribution in [0.1, 0.15) is 24.5 Å². The summed E-state index contributed by atoms with van der Waals surface area (Å²) in [6, 6.07) is 20.3. The molecule has 3 rings (SSSR count). The largest absolute Gasteiger partial charge is 0.497 e. The van der Waals surface area contributed by atoms with E-state index in [-0.39, 0.29) is 24.6 Å². The molecule has 3 aromatic carbocycles. The van der Waals surface area contributed by atoms with Crippen LogP contribution in [0.4, 0.5) is 10.1 Å². The van der Waals surface area contributed by atoms with Crippen molar-refractivity contribution in [2.45, 2.75) is 32.4 Å². The van der Waals surface area contributed by atoms with Crippen molar-refractivity contribution in [3.63, 3.8) is 0 Å². The first-order chi connectivity index (χ1) is 18.6. The Balaban J connectivity index is 2.02. The predicted octanol–water partition coefficient (Wildman–Crippen LogP) is 3.77. The maximum atomic E-state index is 13.9. The molecule has 0 radical (unpaired) electrons. The highest BCUT2D eigenvalue weighted by molar-refractivity contribution is 7.92. The molecular formula is C29H34FN3O5S. The second kappa shape index (κ2) is 13.7. The van der Waals surface area contributed by atoms with Crippen LogP contribution in [0, 0.1) is 5.82 Å². The number of sulfonamides is 1. The molecule has 3 aromatic rings. The van der Waals surface area contributed by atoms with Crippen LogP contribution >= 0.6 is 0 Å². The summed E-state index contributed by atoms with van der Waals surface area (Å²) in [7, 11) is -2.37. The summed E-state index contributed by atoms with van der Waals surface area (Å²) in [5.41, 5.74) is 1.71. The number of carbonyl (C=O) groups excluding carboxylic acids is 2. The number of methoxy groups -OCH3 is 1. The number of carbonyl (C=O) groups is 2. The van der Waals surface area contributed by atoms with Crippen LogP contribution < -0.4 is 14.4 Å². The topological polar surface area (TPSA) is 96.0 Å². The fourth-order valence-corrected chi connectivity index (χ4v) is 4.92. The number of nitrogens with one attached hydrogen (secondary N) is 1. The van der Waals surface area contributed by atoms with E-state index in [4.69, 9.17) is 4.74 Å². The van der Waals surface area contributed by atoms with E-state index in [2.05, 4.69) is 5.32 Å². The third-order valence-corrected chi connectivity index (χ3v) is 7.27. The third-order valence-electron chi connectivity index (χ3n) is 6.13. The molecule has 208 valence electrons. The summed E-state index contributed by atoms with van der Waals surface area (Å²) in [5, 5.41) is 2.87. The van der Waals surface area contributed by atoms with Crippen molar-refractivity contribution in [2.24, 2.45) is 0 Å². The number of halogens is 1. The van der Waals surface area contributed by atoms with Gasteiger partial charge in [0.1, 0.15) is 24.2 Å². The molecule has 0 saturated heterocycles. The Hall–Kier alpha value is -3.92. The summed E-state index contributed by atoms with van der Waals surface area (Å²) in [6.45, 7) is 1.80. The zero-order valence-corrected chi connectivity index (χ0v) is 23.2. The molecule has 0 spiro atoms. The number of benzene rings is 3. The molecular weight excluding hydrogens is 521 g/mol. The van der Waals surface area contributed by atoms with E-state index in [1.165, 1.54) is 36.3 Å². The maximum absolute atomic E-state index is 13.9. The SMILES string of the molecule is CCCNC(=O)[C@H](Cc1ccccc1)N(Cc1ccc(F)cc1)C(=O)CN(c1ccc(OC)cc1)S(C)(=O)=O. The van der Waals surface area contributed by atoms with E-state index in [9.17, 15) is 22.4 Å². The predicted molar refractivity (Wildman–Crippen MR) is 149 cm³/mol. The first-order valence-corrected chi connectivity index (χ1v) is 14.4. The molecule has 1 atom stereocenters. The highest BCUT2D eigenvalue weighted by Crippen LogP contribution is 2.23. The Labute approximate surface area is 229 Å². The summed E-state index contributed by atoms with van der Waals surface area (Å²) in [6.07, 6.45) is 1.93. The molecule has 2 amide bonds. The monoisotopic (exact) mass is 555 g/mol. The number of anilines is 1. The van der Waals surface area contributed by atoms with Crippen molar-refractivity contribution in [3.05, 3.63) is 95.8 Å². The fraction of sp³-hybridized carbons (Fsp3) is 0.310. The highest BCUT2D eigenvalue weighted by atomic mass is 32.2. The lowest BCUT2D eigenvalue weighted by Gasteiger charge is -2.33. The molecule has 0 fully saturated rings. The Morgan fingerprint density at radius 3 is 2.15 bits per heavy atom. The minimum atomic E-state index is -3.87. The third kappa shape index (κ3) is 8.54. The molecule has 8 nitrogen and oxygen atoms in total. The smallest absolute Gasteiger partial charge is 0.244 e. The molecule has 0 aromatic heterocycles. The lowest BCUT2D eigenvalue weighted by Crippen LogP contribution is -2.53. The van der Waals surface area contributed by atoms with Gasteiger partial charge in [0, 0.05) is 19.5 Å². The molecule has 0 saturated carbocycles. The average molecular weight is 556 g/mol. The van der Waals surface area contributed by atoms with Gasteiger partial charge in [-0.05, 0) is 53.9 Å². The molecule has 0 aliphatic carbocycles. The van der Waals surface area contributed by atoms with Crippen LogP contribution in [0.15, 0.2) is 78.9 Å². The zero-order valence-electron chi connectivity index (χ0n) is 22.3. The van der Waals surface area contributed by atoms with E-state index >= 15 is 0 Å². The summed E-state index contributed by atoms with van der Waals surface area (Å²) in [4.78, 5) is 28.7. The van der Waals surface area contributed by atoms with Crippen LogP contribution in [0.5, 0.6) is 5.75 Å². The Kier molecular flexibility index (Phi) is 10.4. The van der Waals surface area contributed by atoms with Gasteiger partial charge in [0.05, 0.1) is 19.1 Å². The van der Waals surface area contributed by atoms with Gasteiger partial charge in [0.15, 0.2) is 0 Å². The van der Waals surface area contributed by atoms with Crippen LogP contribution in [0.3, 0.4) is 0 Å². The standard InChI is InChI=1S/C29H34FN3O5S/c1-4-18-31-29(35)27(19-22-8-6-5-7-9-22)32(20-23-10-12-24(30)13-11-23)28(34)21-33(39(3,36)37)25-14-16-26(38-2)17-15-25/h5-17,27H,4,18-21H2,1-3H3,(H,31,35)/t27-/m0/s1. The second-order valence-electron chi connectivity index (χ2n) is 9.11. The molecule has 0 aliphatic heterocycles. The number of hydrogen-bond acceptors (Lipinski definition) is 5. The van der Waals surface area contributed by atoms with Gasteiger partial charge in [-0.2, -0.15) is 0 Å². The van der Waals surface area contributed by atoms with E-state index in [1.807, 2.05) is 37.3 Å². The normalized spacial score (nSPS) is 11.9. The van der Waals surface area contributed by atoms with Crippen LogP contribution in [0.2, 0.25) is 0 Å². The van der Waals surface area contributed by atoms with Crippen LogP contribution in [0.25, 0.3) is 0 Å². The molecule has 0 unspecified atom stereocenters. The van der Waals surface area contributed by atoms with Gasteiger partial charge in [-0.25, -0.2) is 12.8 Å². The van der Waals surface area contributed by atoms with Gasteiger partial charge in [0.25, 0.3) is 0 Å². The number of amides is 2. The lowest BCUT2D eigenvalue weighted by molar-refractivity contribution is -0.140. The number of rotatable bonds is 13. The van der Waals surface area contributed by atoms with Crippen molar-refractivity contribution >= 4 is 27.5 Å².